The van der Waals surface area contributed by atoms with Crippen LogP contribution < -0.4 is 5.56 Å². The summed E-state index contributed by atoms with van der Waals surface area (Å²) in [4.78, 5) is 29.5. The summed E-state index contributed by atoms with van der Waals surface area (Å²) in [5.74, 6) is -0.337. The third-order valence-electron chi connectivity index (χ3n) is 3.71. The predicted molar refractivity (Wildman–Crippen MR) is 96.6 cm³/mol. The first kappa shape index (κ1) is 17.8. The number of nitriles is 1. The molecular weight excluding hydrogens is 354 g/mol. The maximum absolute atomic E-state index is 13.0. The molecule has 0 radical (unpaired) electrons. The van der Waals surface area contributed by atoms with E-state index >= 15 is 0 Å². The zero-order valence-electron chi connectivity index (χ0n) is 14.0. The number of carbonyl (C=O) groups excluding carboxylic acids is 1. The summed E-state index contributed by atoms with van der Waals surface area (Å²) in [6.07, 6.45) is 0. The Morgan fingerprint density at radius 3 is 2.81 bits per heavy atom. The van der Waals surface area contributed by atoms with Crippen LogP contribution in [0.15, 0.2) is 40.5 Å². The third kappa shape index (κ3) is 3.49. The predicted octanol–water partition coefficient (Wildman–Crippen LogP) is 2.34. The molecule has 0 bridgehead atoms. The molecule has 0 unspecified atom stereocenters. The minimum absolute atomic E-state index is 0.178. The first-order valence-electron chi connectivity index (χ1n) is 7.73. The van der Waals surface area contributed by atoms with Gasteiger partial charge in [-0.05, 0) is 5.56 Å². The number of ether oxygens (including phenoxy) is 2. The smallest absolute Gasteiger partial charge is 0.332 e. The molecule has 0 N–H and O–H groups in total. The lowest BCUT2D eigenvalue weighted by Crippen LogP contribution is -2.26. The van der Waals surface area contributed by atoms with E-state index < -0.39 is 5.97 Å². The fourth-order valence-electron chi connectivity index (χ4n) is 2.55. The monoisotopic (exact) mass is 369 g/mol. The second-order valence-corrected chi connectivity index (χ2v) is 6.22. The van der Waals surface area contributed by atoms with Crippen molar-refractivity contribution in [3.63, 3.8) is 0 Å². The van der Waals surface area contributed by atoms with Crippen LogP contribution in [0.5, 0.6) is 0 Å². The van der Waals surface area contributed by atoms with Crippen LogP contribution in [0, 0.1) is 11.3 Å². The normalized spacial score (nSPS) is 10.6. The van der Waals surface area contributed by atoms with E-state index in [0.29, 0.717) is 10.2 Å². The zero-order valence-corrected chi connectivity index (χ0v) is 14.8. The molecule has 7 nitrogen and oxygen atoms in total. The molecule has 0 spiro atoms. The van der Waals surface area contributed by atoms with Gasteiger partial charge in [-0.15, -0.1) is 11.3 Å². The van der Waals surface area contributed by atoms with Crippen LogP contribution in [0.4, 0.5) is 0 Å². The van der Waals surface area contributed by atoms with Crippen LogP contribution in [0.3, 0.4) is 0 Å². The summed E-state index contributed by atoms with van der Waals surface area (Å²) < 4.78 is 11.0. The standard InChI is InChI=1S/C18H15N3O4S/c1-24-10-15(22)25-9-14-20-17-16(18(23)21(14)8-7-19)13(11-26-17)12-5-3-2-4-6-12/h2-6,11H,8-10H2,1H3. The molecule has 0 aliphatic rings. The number of benzene rings is 1. The Bertz CT molecular complexity index is 1030. The highest BCUT2D eigenvalue weighted by Gasteiger charge is 2.17. The van der Waals surface area contributed by atoms with Gasteiger partial charge in [-0.2, -0.15) is 5.26 Å². The molecule has 3 rings (SSSR count). The van der Waals surface area contributed by atoms with Gasteiger partial charge < -0.3 is 9.47 Å². The maximum Gasteiger partial charge on any atom is 0.332 e. The summed E-state index contributed by atoms with van der Waals surface area (Å²) >= 11 is 1.34. The van der Waals surface area contributed by atoms with Crippen LogP contribution in [0.2, 0.25) is 0 Å². The summed E-state index contributed by atoms with van der Waals surface area (Å²) in [7, 11) is 1.38. The highest BCUT2D eigenvalue weighted by molar-refractivity contribution is 7.17. The topological polar surface area (TPSA) is 94.2 Å². The van der Waals surface area contributed by atoms with Crippen molar-refractivity contribution < 1.29 is 14.3 Å². The molecule has 0 aliphatic carbocycles. The average Bonchev–Trinajstić information content (AvgIpc) is 3.08. The van der Waals surface area contributed by atoms with Crippen LogP contribution in [-0.4, -0.2) is 29.2 Å². The van der Waals surface area contributed by atoms with E-state index in [1.807, 2.05) is 41.8 Å². The number of rotatable bonds is 6. The summed E-state index contributed by atoms with van der Waals surface area (Å²) in [5, 5.41) is 11.4. The first-order valence-corrected chi connectivity index (χ1v) is 8.61. The molecule has 26 heavy (non-hydrogen) atoms. The largest absolute Gasteiger partial charge is 0.456 e. The zero-order chi connectivity index (χ0) is 18.5. The molecule has 0 amide bonds. The number of esters is 1. The number of carbonyl (C=O) groups is 1. The molecule has 0 saturated heterocycles. The fourth-order valence-corrected chi connectivity index (χ4v) is 3.50. The van der Waals surface area contributed by atoms with Gasteiger partial charge in [-0.3, -0.25) is 9.36 Å². The van der Waals surface area contributed by atoms with Gasteiger partial charge in [-0.1, -0.05) is 30.3 Å². The molecule has 0 saturated carbocycles. The van der Waals surface area contributed by atoms with Gasteiger partial charge in [0.1, 0.15) is 24.6 Å². The van der Waals surface area contributed by atoms with Crippen molar-refractivity contribution in [2.45, 2.75) is 13.2 Å². The van der Waals surface area contributed by atoms with Crippen LogP contribution >= 0.6 is 11.3 Å². The van der Waals surface area contributed by atoms with E-state index in [0.717, 1.165) is 11.1 Å². The van der Waals surface area contributed by atoms with Gasteiger partial charge >= 0.3 is 5.97 Å². The Morgan fingerprint density at radius 1 is 1.35 bits per heavy atom. The van der Waals surface area contributed by atoms with Crippen LogP contribution in [0.1, 0.15) is 5.82 Å². The molecule has 132 valence electrons. The van der Waals surface area contributed by atoms with Crippen LogP contribution in [0.25, 0.3) is 21.3 Å². The van der Waals surface area contributed by atoms with Gasteiger partial charge in [0, 0.05) is 18.1 Å². The summed E-state index contributed by atoms with van der Waals surface area (Å²) in [5.41, 5.74) is 1.35. The molecule has 0 atom stereocenters. The van der Waals surface area contributed by atoms with E-state index in [4.69, 9.17) is 14.7 Å². The van der Waals surface area contributed by atoms with E-state index in [9.17, 15) is 9.59 Å². The van der Waals surface area contributed by atoms with Gasteiger partial charge in [0.25, 0.3) is 5.56 Å². The van der Waals surface area contributed by atoms with Gasteiger partial charge in [0.2, 0.25) is 0 Å². The third-order valence-corrected chi connectivity index (χ3v) is 4.58. The van der Waals surface area contributed by atoms with E-state index in [-0.39, 0.29) is 31.1 Å². The highest BCUT2D eigenvalue weighted by atomic mass is 32.1. The number of nitrogens with zero attached hydrogens (tertiary/aromatic N) is 3. The number of fused-ring (bicyclic) bond motifs is 1. The fraction of sp³-hybridized carbons (Fsp3) is 0.222. The highest BCUT2D eigenvalue weighted by Crippen LogP contribution is 2.30. The quantitative estimate of drug-likeness (QED) is 0.619. The second kappa shape index (κ2) is 7.91. The van der Waals surface area contributed by atoms with Crippen molar-refractivity contribution in [3.8, 4) is 17.2 Å². The van der Waals surface area contributed by atoms with Crippen molar-refractivity contribution in [2.24, 2.45) is 0 Å². The first-order chi connectivity index (χ1) is 12.7. The van der Waals surface area contributed by atoms with Crippen molar-refractivity contribution in [3.05, 3.63) is 51.9 Å². The van der Waals surface area contributed by atoms with Crippen LogP contribution in [-0.2, 0) is 27.4 Å². The minimum atomic E-state index is -0.568. The number of thiophene rings is 1. The lowest BCUT2D eigenvalue weighted by Gasteiger charge is -2.10. The number of hydrogen-bond acceptors (Lipinski definition) is 7. The van der Waals surface area contributed by atoms with Crippen molar-refractivity contribution in [2.75, 3.05) is 13.7 Å². The molecule has 8 heteroatoms. The molecule has 1 aromatic carbocycles. The van der Waals surface area contributed by atoms with E-state index in [2.05, 4.69) is 4.98 Å². The molecule has 3 aromatic rings. The van der Waals surface area contributed by atoms with Gasteiger partial charge in [-0.25, -0.2) is 9.78 Å². The molecule has 0 fully saturated rings. The Balaban J connectivity index is 2.08. The summed E-state index contributed by atoms with van der Waals surface area (Å²) in [6.45, 7) is -0.571. The second-order valence-electron chi connectivity index (χ2n) is 5.37. The number of aromatic nitrogens is 2. The summed E-state index contributed by atoms with van der Waals surface area (Å²) in [6, 6.07) is 11.5. The van der Waals surface area contributed by atoms with E-state index in [1.54, 1.807) is 0 Å². The lowest BCUT2D eigenvalue weighted by molar-refractivity contribution is -0.149. The number of hydrogen-bond donors (Lipinski definition) is 0. The van der Waals surface area contributed by atoms with Gasteiger partial charge in [0.05, 0.1) is 11.5 Å². The lowest BCUT2D eigenvalue weighted by atomic mass is 10.1. The maximum atomic E-state index is 13.0. The Kier molecular flexibility index (Phi) is 5.41. The molecule has 0 aliphatic heterocycles. The molecule has 2 heterocycles. The Morgan fingerprint density at radius 2 is 2.12 bits per heavy atom. The van der Waals surface area contributed by atoms with E-state index in [1.165, 1.54) is 23.0 Å². The Hall–Kier alpha value is -3.02. The van der Waals surface area contributed by atoms with Crippen molar-refractivity contribution in [1.82, 2.24) is 9.55 Å². The molecular formula is C18H15N3O4S. The SMILES string of the molecule is COCC(=O)OCc1nc2scc(-c3ccccc3)c2c(=O)n1CC#N. The van der Waals surface area contributed by atoms with Crippen molar-refractivity contribution >= 4 is 27.5 Å². The minimum Gasteiger partial charge on any atom is -0.456 e. The van der Waals surface area contributed by atoms with Crippen molar-refractivity contribution in [1.29, 1.82) is 5.26 Å². The molecule has 2 aromatic heterocycles. The average molecular weight is 369 g/mol. The van der Waals surface area contributed by atoms with Gasteiger partial charge in [0.15, 0.2) is 5.82 Å². The number of methoxy groups -OCH3 is 1. The Labute approximate surface area is 153 Å².